The summed E-state index contributed by atoms with van der Waals surface area (Å²) >= 11 is 1.49. The van der Waals surface area contributed by atoms with E-state index in [0.717, 1.165) is 15.0 Å². The standard InChI is InChI=1S/C17H14FN3O2S/c1-19-16(22)13-3-2-4-14(21-13)17(23)20-9-12-8-10-7-11(18)5-6-15(10)24-12/h2-8H,9H2,1H3,(H,19,22)(H,20,23). The lowest BCUT2D eigenvalue weighted by Crippen LogP contribution is -2.25. The summed E-state index contributed by atoms with van der Waals surface area (Å²) in [5.41, 5.74) is 0.353. The number of nitrogens with one attached hydrogen (secondary N) is 2. The number of carbonyl (C=O) groups excluding carboxylic acids is 2. The Morgan fingerprint density at radius 3 is 2.62 bits per heavy atom. The highest BCUT2D eigenvalue weighted by molar-refractivity contribution is 7.19. The summed E-state index contributed by atoms with van der Waals surface area (Å²) in [6.07, 6.45) is 0. The van der Waals surface area contributed by atoms with E-state index in [1.807, 2.05) is 6.07 Å². The maximum Gasteiger partial charge on any atom is 0.270 e. The summed E-state index contributed by atoms with van der Waals surface area (Å²) in [5.74, 6) is -1.01. The molecule has 0 radical (unpaired) electrons. The van der Waals surface area contributed by atoms with Gasteiger partial charge in [0.25, 0.3) is 11.8 Å². The van der Waals surface area contributed by atoms with Gasteiger partial charge < -0.3 is 10.6 Å². The molecule has 0 unspecified atom stereocenters. The summed E-state index contributed by atoms with van der Waals surface area (Å²) in [5, 5.41) is 6.03. The number of thiophene rings is 1. The van der Waals surface area contributed by atoms with Crippen LogP contribution in [-0.2, 0) is 6.54 Å². The second-order valence-corrected chi connectivity index (χ2v) is 6.23. The molecule has 0 aliphatic rings. The van der Waals surface area contributed by atoms with Gasteiger partial charge in [0.1, 0.15) is 17.2 Å². The third kappa shape index (κ3) is 3.41. The molecule has 2 aromatic heterocycles. The Morgan fingerprint density at radius 2 is 1.88 bits per heavy atom. The normalized spacial score (nSPS) is 10.6. The van der Waals surface area contributed by atoms with Crippen molar-refractivity contribution in [3.05, 3.63) is 64.5 Å². The predicted octanol–water partition coefficient (Wildman–Crippen LogP) is 2.73. The first-order chi connectivity index (χ1) is 11.6. The highest BCUT2D eigenvalue weighted by Gasteiger charge is 2.12. The predicted molar refractivity (Wildman–Crippen MR) is 90.6 cm³/mol. The van der Waals surface area contributed by atoms with E-state index in [4.69, 9.17) is 0 Å². The van der Waals surface area contributed by atoms with E-state index < -0.39 is 0 Å². The molecule has 24 heavy (non-hydrogen) atoms. The number of benzene rings is 1. The van der Waals surface area contributed by atoms with Crippen LogP contribution in [0, 0.1) is 5.82 Å². The third-order valence-corrected chi connectivity index (χ3v) is 4.51. The van der Waals surface area contributed by atoms with Crippen molar-refractivity contribution < 1.29 is 14.0 Å². The molecule has 3 rings (SSSR count). The zero-order valence-corrected chi connectivity index (χ0v) is 13.6. The minimum Gasteiger partial charge on any atom is -0.354 e. The van der Waals surface area contributed by atoms with Gasteiger partial charge in [-0.2, -0.15) is 0 Å². The molecule has 0 fully saturated rings. The number of aromatic nitrogens is 1. The van der Waals surface area contributed by atoms with Crippen LogP contribution in [0.25, 0.3) is 10.1 Å². The van der Waals surface area contributed by atoms with Gasteiger partial charge in [0.15, 0.2) is 0 Å². The molecule has 0 aliphatic heterocycles. The van der Waals surface area contributed by atoms with Gasteiger partial charge in [0.05, 0.1) is 6.54 Å². The van der Waals surface area contributed by atoms with Gasteiger partial charge in [-0.1, -0.05) is 6.07 Å². The fourth-order valence-corrected chi connectivity index (χ4v) is 3.21. The van der Waals surface area contributed by atoms with Gasteiger partial charge in [-0.05, 0) is 41.8 Å². The van der Waals surface area contributed by atoms with E-state index in [9.17, 15) is 14.0 Å². The average molecular weight is 343 g/mol. The molecule has 0 atom stereocenters. The van der Waals surface area contributed by atoms with Crippen LogP contribution in [-0.4, -0.2) is 23.8 Å². The Balaban J connectivity index is 1.71. The Bertz CT molecular complexity index is 923. The van der Waals surface area contributed by atoms with Crippen LogP contribution in [0.3, 0.4) is 0 Å². The van der Waals surface area contributed by atoms with Crippen LogP contribution in [0.4, 0.5) is 4.39 Å². The second-order valence-electron chi connectivity index (χ2n) is 5.06. The molecule has 2 N–H and O–H groups in total. The lowest BCUT2D eigenvalue weighted by atomic mass is 10.2. The van der Waals surface area contributed by atoms with Crippen LogP contribution >= 0.6 is 11.3 Å². The van der Waals surface area contributed by atoms with Crippen LogP contribution in [0.15, 0.2) is 42.5 Å². The molecule has 0 aliphatic carbocycles. The van der Waals surface area contributed by atoms with Crippen LogP contribution in [0.1, 0.15) is 25.9 Å². The van der Waals surface area contributed by atoms with Gasteiger partial charge in [-0.25, -0.2) is 9.37 Å². The first kappa shape index (κ1) is 16.1. The lowest BCUT2D eigenvalue weighted by Gasteiger charge is -2.04. The Labute approximate surface area is 141 Å². The maximum absolute atomic E-state index is 13.2. The van der Waals surface area contributed by atoms with Crippen LogP contribution in [0.2, 0.25) is 0 Å². The average Bonchev–Trinajstić information content (AvgIpc) is 3.01. The largest absolute Gasteiger partial charge is 0.354 e. The number of pyridine rings is 1. The molecule has 2 heterocycles. The quantitative estimate of drug-likeness (QED) is 0.765. The minimum atomic E-state index is -0.371. The number of amides is 2. The fraction of sp³-hybridized carbons (Fsp3) is 0.118. The summed E-state index contributed by atoms with van der Waals surface area (Å²) in [6.45, 7) is 0.311. The van der Waals surface area contributed by atoms with Gasteiger partial charge in [-0.3, -0.25) is 9.59 Å². The number of carbonyl (C=O) groups is 2. The van der Waals surface area contributed by atoms with E-state index in [0.29, 0.717) is 6.54 Å². The first-order valence-electron chi connectivity index (χ1n) is 7.22. The lowest BCUT2D eigenvalue weighted by molar-refractivity contribution is 0.0945. The number of nitrogens with zero attached hydrogens (tertiary/aromatic N) is 1. The smallest absolute Gasteiger partial charge is 0.270 e. The van der Waals surface area contributed by atoms with Crippen molar-refractivity contribution in [3.8, 4) is 0 Å². The fourth-order valence-electron chi connectivity index (χ4n) is 2.23. The molecular formula is C17H14FN3O2S. The van der Waals surface area contributed by atoms with E-state index in [2.05, 4.69) is 15.6 Å². The van der Waals surface area contributed by atoms with Crippen molar-refractivity contribution in [2.75, 3.05) is 7.05 Å². The molecule has 0 spiro atoms. The number of halogens is 1. The molecule has 2 amide bonds. The van der Waals surface area contributed by atoms with E-state index in [1.165, 1.54) is 36.6 Å². The van der Waals surface area contributed by atoms with Crippen LogP contribution < -0.4 is 10.6 Å². The van der Waals surface area contributed by atoms with Gasteiger partial charge in [-0.15, -0.1) is 11.3 Å². The zero-order chi connectivity index (χ0) is 17.1. The molecule has 0 saturated carbocycles. The van der Waals surface area contributed by atoms with E-state index in [1.54, 1.807) is 18.2 Å². The molecule has 122 valence electrons. The summed E-state index contributed by atoms with van der Waals surface area (Å²) in [7, 11) is 1.50. The van der Waals surface area contributed by atoms with Crippen molar-refractivity contribution in [2.45, 2.75) is 6.54 Å². The number of hydrogen-bond donors (Lipinski definition) is 2. The second kappa shape index (κ2) is 6.76. The summed E-state index contributed by atoms with van der Waals surface area (Å²) in [4.78, 5) is 28.7. The van der Waals surface area contributed by atoms with Crippen molar-refractivity contribution in [1.29, 1.82) is 0 Å². The van der Waals surface area contributed by atoms with Crippen molar-refractivity contribution in [3.63, 3.8) is 0 Å². The number of fused-ring (bicyclic) bond motifs is 1. The summed E-state index contributed by atoms with van der Waals surface area (Å²) in [6, 6.07) is 11.1. The third-order valence-electron chi connectivity index (χ3n) is 3.39. The van der Waals surface area contributed by atoms with Gasteiger partial charge in [0.2, 0.25) is 0 Å². The SMILES string of the molecule is CNC(=O)c1cccc(C(=O)NCc2cc3cc(F)ccc3s2)n1. The molecule has 5 nitrogen and oxygen atoms in total. The maximum atomic E-state index is 13.2. The molecule has 0 saturated heterocycles. The summed E-state index contributed by atoms with van der Waals surface area (Å²) < 4.78 is 14.2. The van der Waals surface area contributed by atoms with Crippen molar-refractivity contribution in [1.82, 2.24) is 15.6 Å². The van der Waals surface area contributed by atoms with Crippen LogP contribution in [0.5, 0.6) is 0 Å². The van der Waals surface area contributed by atoms with E-state index in [-0.39, 0.29) is 29.0 Å². The van der Waals surface area contributed by atoms with Gasteiger partial charge >= 0.3 is 0 Å². The number of rotatable bonds is 4. The minimum absolute atomic E-state index is 0.170. The number of hydrogen-bond acceptors (Lipinski definition) is 4. The Hall–Kier alpha value is -2.80. The first-order valence-corrected chi connectivity index (χ1v) is 8.04. The molecule has 3 aromatic rings. The van der Waals surface area contributed by atoms with Gasteiger partial charge in [0, 0.05) is 16.6 Å². The molecule has 0 bridgehead atoms. The monoisotopic (exact) mass is 343 g/mol. The molecule has 1 aromatic carbocycles. The zero-order valence-electron chi connectivity index (χ0n) is 12.8. The molecule has 7 heteroatoms. The van der Waals surface area contributed by atoms with Crippen molar-refractivity contribution >= 4 is 33.2 Å². The van der Waals surface area contributed by atoms with E-state index >= 15 is 0 Å². The highest BCUT2D eigenvalue weighted by atomic mass is 32.1. The Morgan fingerprint density at radius 1 is 1.12 bits per heavy atom. The Kier molecular flexibility index (Phi) is 4.52. The van der Waals surface area contributed by atoms with Crippen molar-refractivity contribution in [2.24, 2.45) is 0 Å². The molecular weight excluding hydrogens is 329 g/mol. The topological polar surface area (TPSA) is 71.1 Å². The highest BCUT2D eigenvalue weighted by Crippen LogP contribution is 2.26.